The van der Waals surface area contributed by atoms with E-state index in [2.05, 4.69) is 9.71 Å². The molecule has 1 aromatic heterocycles. The average molecular weight is 342 g/mol. The molecule has 0 fully saturated rings. The van der Waals surface area contributed by atoms with E-state index in [1.165, 1.54) is 18.2 Å². The van der Waals surface area contributed by atoms with Crippen LogP contribution in [0.25, 0.3) is 0 Å². The second-order valence-electron chi connectivity index (χ2n) is 5.18. The van der Waals surface area contributed by atoms with Crippen LogP contribution in [0.4, 0.5) is 4.39 Å². The Kier molecular flexibility index (Phi) is 4.69. The van der Waals surface area contributed by atoms with Gasteiger partial charge >= 0.3 is 0 Å². The lowest BCUT2D eigenvalue weighted by Gasteiger charge is -2.20. The van der Waals surface area contributed by atoms with Crippen molar-refractivity contribution in [2.24, 2.45) is 0 Å². The summed E-state index contributed by atoms with van der Waals surface area (Å²) in [7, 11) is -4.03. The van der Waals surface area contributed by atoms with Gasteiger partial charge in [-0.2, -0.15) is 4.72 Å². The third-order valence-corrected chi connectivity index (χ3v) is 5.03. The van der Waals surface area contributed by atoms with Crippen molar-refractivity contribution in [3.8, 4) is 0 Å². The second-order valence-corrected chi connectivity index (χ2v) is 6.86. The first-order valence-corrected chi connectivity index (χ1v) is 8.78. The summed E-state index contributed by atoms with van der Waals surface area (Å²) < 4.78 is 41.8. The van der Waals surface area contributed by atoms with Crippen LogP contribution in [-0.4, -0.2) is 13.4 Å². The second kappa shape index (κ2) is 6.90. The highest BCUT2D eigenvalue weighted by atomic mass is 32.2. The number of pyridine rings is 1. The maximum atomic E-state index is 13.9. The number of hydrogen-bond donors (Lipinski definition) is 1. The van der Waals surface area contributed by atoms with E-state index in [0.29, 0.717) is 0 Å². The minimum atomic E-state index is -4.03. The molecule has 0 aliphatic rings. The highest BCUT2D eigenvalue weighted by Crippen LogP contribution is 2.24. The van der Waals surface area contributed by atoms with Crippen LogP contribution in [0.15, 0.2) is 84.0 Å². The molecule has 0 spiro atoms. The summed E-state index contributed by atoms with van der Waals surface area (Å²) in [5.41, 5.74) is 1.47. The minimum Gasteiger partial charge on any atom is -0.265 e. The molecule has 0 aliphatic carbocycles. The van der Waals surface area contributed by atoms with E-state index in [0.717, 1.165) is 17.2 Å². The molecule has 1 atom stereocenters. The van der Waals surface area contributed by atoms with Crippen LogP contribution >= 0.6 is 0 Å². The molecule has 1 N–H and O–H groups in total. The van der Waals surface area contributed by atoms with Crippen LogP contribution in [0.2, 0.25) is 0 Å². The maximum Gasteiger partial charge on any atom is 0.244 e. The van der Waals surface area contributed by atoms with Gasteiger partial charge in [0.05, 0.1) is 6.04 Å². The number of halogens is 1. The van der Waals surface area contributed by atoms with Crippen molar-refractivity contribution in [1.82, 2.24) is 9.71 Å². The van der Waals surface area contributed by atoms with Crippen molar-refractivity contribution in [2.45, 2.75) is 10.9 Å². The Morgan fingerprint density at radius 1 is 0.833 bits per heavy atom. The molecule has 24 heavy (non-hydrogen) atoms. The van der Waals surface area contributed by atoms with E-state index in [-0.39, 0.29) is 4.90 Å². The maximum absolute atomic E-state index is 13.9. The number of sulfonamides is 1. The summed E-state index contributed by atoms with van der Waals surface area (Å²) in [6.07, 6.45) is 3.17. The van der Waals surface area contributed by atoms with Crippen molar-refractivity contribution in [1.29, 1.82) is 0 Å². The number of nitrogens with one attached hydrogen (secondary N) is 1. The first-order valence-electron chi connectivity index (χ1n) is 7.30. The SMILES string of the molecule is O=S(=O)(NC(c1ccccc1)c1ccncc1)c1ccccc1F. The molecule has 1 heterocycles. The zero-order chi connectivity index (χ0) is 17.0. The lowest BCUT2D eigenvalue weighted by Crippen LogP contribution is -2.30. The van der Waals surface area contributed by atoms with Crippen molar-refractivity contribution in [3.05, 3.63) is 96.1 Å². The van der Waals surface area contributed by atoms with E-state index in [1.807, 2.05) is 30.3 Å². The highest BCUT2D eigenvalue weighted by molar-refractivity contribution is 7.89. The van der Waals surface area contributed by atoms with Gasteiger partial charge < -0.3 is 0 Å². The van der Waals surface area contributed by atoms with Gasteiger partial charge in [-0.25, -0.2) is 12.8 Å². The predicted molar refractivity (Wildman–Crippen MR) is 89.2 cm³/mol. The Labute approximate surface area is 140 Å². The third-order valence-electron chi connectivity index (χ3n) is 3.57. The largest absolute Gasteiger partial charge is 0.265 e. The molecule has 6 heteroatoms. The van der Waals surface area contributed by atoms with Crippen molar-refractivity contribution >= 4 is 10.0 Å². The van der Waals surface area contributed by atoms with E-state index < -0.39 is 21.9 Å². The first-order chi connectivity index (χ1) is 11.6. The number of rotatable bonds is 5. The summed E-state index contributed by atoms with van der Waals surface area (Å²) in [5, 5.41) is 0. The Hall–Kier alpha value is -2.57. The quantitative estimate of drug-likeness (QED) is 0.774. The van der Waals surface area contributed by atoms with Gasteiger partial charge in [0.2, 0.25) is 10.0 Å². The molecule has 0 bridgehead atoms. The Morgan fingerprint density at radius 2 is 1.42 bits per heavy atom. The van der Waals surface area contributed by atoms with Gasteiger partial charge in [0, 0.05) is 12.4 Å². The van der Waals surface area contributed by atoms with Crippen molar-refractivity contribution in [2.75, 3.05) is 0 Å². The van der Waals surface area contributed by atoms with Gasteiger partial charge in [0.15, 0.2) is 0 Å². The van der Waals surface area contributed by atoms with E-state index >= 15 is 0 Å². The van der Waals surface area contributed by atoms with Crippen LogP contribution in [-0.2, 0) is 10.0 Å². The van der Waals surface area contributed by atoms with Crippen LogP contribution in [0.3, 0.4) is 0 Å². The van der Waals surface area contributed by atoms with Crippen LogP contribution in [0.1, 0.15) is 17.2 Å². The molecule has 122 valence electrons. The summed E-state index contributed by atoms with van der Waals surface area (Å²) in [6.45, 7) is 0. The van der Waals surface area contributed by atoms with Crippen LogP contribution in [0.5, 0.6) is 0 Å². The zero-order valence-corrected chi connectivity index (χ0v) is 13.4. The van der Waals surface area contributed by atoms with Gasteiger partial charge in [-0.05, 0) is 35.4 Å². The predicted octanol–water partition coefficient (Wildman–Crippen LogP) is 3.29. The molecule has 3 rings (SSSR count). The van der Waals surface area contributed by atoms with Gasteiger partial charge in [0.1, 0.15) is 10.7 Å². The smallest absolute Gasteiger partial charge is 0.244 e. The lowest BCUT2D eigenvalue weighted by molar-refractivity contribution is 0.550. The molecule has 0 amide bonds. The normalized spacial score (nSPS) is 12.7. The van der Waals surface area contributed by atoms with Crippen LogP contribution in [0, 0.1) is 5.82 Å². The fourth-order valence-corrected chi connectivity index (χ4v) is 3.70. The number of hydrogen-bond acceptors (Lipinski definition) is 3. The fourth-order valence-electron chi connectivity index (χ4n) is 2.41. The van der Waals surface area contributed by atoms with E-state index in [9.17, 15) is 12.8 Å². The van der Waals surface area contributed by atoms with Gasteiger partial charge in [0.25, 0.3) is 0 Å². The standard InChI is InChI=1S/C18H15FN2O2S/c19-16-8-4-5-9-17(16)24(22,23)21-18(14-6-2-1-3-7-14)15-10-12-20-13-11-15/h1-13,18,21H. The topological polar surface area (TPSA) is 59.1 Å². The molecule has 2 aromatic carbocycles. The first kappa shape index (κ1) is 16.3. The molecular formula is C18H15FN2O2S. The van der Waals surface area contributed by atoms with Gasteiger partial charge in [-0.3, -0.25) is 4.98 Å². The minimum absolute atomic E-state index is 0.375. The molecule has 3 aromatic rings. The molecule has 1 unspecified atom stereocenters. The van der Waals surface area contributed by atoms with Crippen LogP contribution < -0.4 is 4.72 Å². The molecule has 4 nitrogen and oxygen atoms in total. The monoisotopic (exact) mass is 342 g/mol. The van der Waals surface area contributed by atoms with Crippen molar-refractivity contribution < 1.29 is 12.8 Å². The lowest BCUT2D eigenvalue weighted by atomic mass is 10.0. The zero-order valence-electron chi connectivity index (χ0n) is 12.6. The molecule has 0 saturated carbocycles. The Bertz CT molecular complexity index is 877. The van der Waals surface area contributed by atoms with Gasteiger partial charge in [-0.15, -0.1) is 0 Å². The number of aromatic nitrogens is 1. The summed E-state index contributed by atoms with van der Waals surface area (Å²) >= 11 is 0. The van der Waals surface area contributed by atoms with E-state index in [1.54, 1.807) is 24.5 Å². The molecular weight excluding hydrogens is 327 g/mol. The summed E-state index contributed by atoms with van der Waals surface area (Å²) in [4.78, 5) is 3.58. The molecule has 0 radical (unpaired) electrons. The number of benzene rings is 2. The summed E-state index contributed by atoms with van der Waals surface area (Å²) in [5.74, 6) is -0.786. The van der Waals surface area contributed by atoms with E-state index in [4.69, 9.17) is 0 Å². The number of nitrogens with zero attached hydrogens (tertiary/aromatic N) is 1. The van der Waals surface area contributed by atoms with Crippen molar-refractivity contribution in [3.63, 3.8) is 0 Å². The Balaban J connectivity index is 2.03. The average Bonchev–Trinajstić information content (AvgIpc) is 2.61. The fraction of sp³-hybridized carbons (Fsp3) is 0.0556. The highest BCUT2D eigenvalue weighted by Gasteiger charge is 2.25. The third kappa shape index (κ3) is 3.50. The Morgan fingerprint density at radius 3 is 2.08 bits per heavy atom. The molecule has 0 saturated heterocycles. The summed E-state index contributed by atoms with van der Waals surface area (Å²) in [6, 6.07) is 17.2. The molecule has 0 aliphatic heterocycles. The van der Waals surface area contributed by atoms with Gasteiger partial charge in [-0.1, -0.05) is 42.5 Å².